The van der Waals surface area contributed by atoms with Crippen molar-refractivity contribution >= 4 is 17.7 Å². The minimum Gasteiger partial charge on any atom is -0.462 e. The monoisotopic (exact) mass is 405 g/mol. The molecule has 2 aromatic carbocycles. The van der Waals surface area contributed by atoms with E-state index in [-0.39, 0.29) is 12.0 Å². The van der Waals surface area contributed by atoms with Crippen molar-refractivity contribution in [3.63, 3.8) is 0 Å². The van der Waals surface area contributed by atoms with Gasteiger partial charge < -0.3 is 19.9 Å². The highest BCUT2D eigenvalue weighted by Gasteiger charge is 2.09. The van der Waals surface area contributed by atoms with Crippen molar-refractivity contribution < 1.29 is 14.3 Å². The first-order valence-electron chi connectivity index (χ1n) is 9.98. The number of carbonyl (C=O) groups excluding carboxylic acids is 2. The summed E-state index contributed by atoms with van der Waals surface area (Å²) < 4.78 is 7.09. The molecule has 6 heteroatoms. The van der Waals surface area contributed by atoms with Crippen LogP contribution >= 0.6 is 0 Å². The Kier molecular flexibility index (Phi) is 6.91. The molecule has 3 rings (SSSR count). The summed E-state index contributed by atoms with van der Waals surface area (Å²) in [4.78, 5) is 24.0. The van der Waals surface area contributed by atoms with Gasteiger partial charge in [0.05, 0.1) is 18.7 Å². The summed E-state index contributed by atoms with van der Waals surface area (Å²) in [6, 6.07) is 16.7. The molecule has 0 bridgehead atoms. The number of rotatable bonds is 7. The molecule has 0 saturated carbocycles. The molecule has 2 amide bonds. The van der Waals surface area contributed by atoms with Crippen molar-refractivity contribution in [1.82, 2.24) is 9.88 Å². The summed E-state index contributed by atoms with van der Waals surface area (Å²) in [5.41, 5.74) is 5.81. The molecule has 0 unspecified atom stereocenters. The summed E-state index contributed by atoms with van der Waals surface area (Å²) in [7, 11) is 0. The summed E-state index contributed by atoms with van der Waals surface area (Å²) in [6.07, 6.45) is 2.02. The number of carbonyl (C=O) groups is 2. The Hall–Kier alpha value is -3.54. The van der Waals surface area contributed by atoms with Gasteiger partial charge in [-0.2, -0.15) is 0 Å². The summed E-state index contributed by atoms with van der Waals surface area (Å²) >= 11 is 0. The van der Waals surface area contributed by atoms with Crippen LogP contribution in [0, 0.1) is 13.8 Å². The van der Waals surface area contributed by atoms with E-state index in [1.165, 1.54) is 16.7 Å². The molecular formula is C24H27N3O3. The molecule has 1 aromatic heterocycles. The number of esters is 1. The van der Waals surface area contributed by atoms with E-state index in [0.717, 1.165) is 12.2 Å². The van der Waals surface area contributed by atoms with Crippen LogP contribution in [0.4, 0.5) is 10.5 Å². The third-order valence-corrected chi connectivity index (χ3v) is 4.85. The van der Waals surface area contributed by atoms with Crippen molar-refractivity contribution in [2.24, 2.45) is 0 Å². The largest absolute Gasteiger partial charge is 0.462 e. The van der Waals surface area contributed by atoms with Gasteiger partial charge in [0.2, 0.25) is 0 Å². The Labute approximate surface area is 176 Å². The molecule has 2 N–H and O–H groups in total. The highest BCUT2D eigenvalue weighted by atomic mass is 16.5. The second-order valence-electron chi connectivity index (χ2n) is 7.16. The maximum Gasteiger partial charge on any atom is 0.338 e. The molecule has 0 spiro atoms. The molecule has 156 valence electrons. The normalized spacial score (nSPS) is 10.5. The number of amides is 2. The molecule has 0 aliphatic carbocycles. The Morgan fingerprint density at radius 3 is 2.53 bits per heavy atom. The number of hydrogen-bond donors (Lipinski definition) is 2. The van der Waals surface area contributed by atoms with Gasteiger partial charge in [-0.05, 0) is 68.3 Å². The van der Waals surface area contributed by atoms with Gasteiger partial charge >= 0.3 is 12.0 Å². The number of ether oxygens (including phenoxy) is 1. The standard InChI is InChI=1S/C24H27N3O3/c1-4-30-23(28)19-9-11-21(12-10-19)26-24(29)25-15-22-6-5-13-27(22)16-20-14-17(2)7-8-18(20)3/h5-14H,4,15-16H2,1-3H3,(H2,25,26,29). The Morgan fingerprint density at radius 1 is 1.03 bits per heavy atom. The van der Waals surface area contributed by atoms with Crippen LogP contribution in [0.3, 0.4) is 0 Å². The SMILES string of the molecule is CCOC(=O)c1ccc(NC(=O)NCc2cccn2Cc2cc(C)ccc2C)cc1. The third-order valence-electron chi connectivity index (χ3n) is 4.85. The number of benzene rings is 2. The molecule has 0 aliphatic rings. The van der Waals surface area contributed by atoms with Gasteiger partial charge in [0, 0.05) is 24.1 Å². The minimum atomic E-state index is -0.377. The number of nitrogens with one attached hydrogen (secondary N) is 2. The predicted octanol–water partition coefficient (Wildman–Crippen LogP) is 4.65. The van der Waals surface area contributed by atoms with E-state index in [1.807, 2.05) is 18.3 Å². The average Bonchev–Trinajstić information content (AvgIpc) is 3.17. The molecule has 0 aliphatic heterocycles. The average molecular weight is 405 g/mol. The van der Waals surface area contributed by atoms with E-state index in [1.54, 1.807) is 31.2 Å². The Morgan fingerprint density at radius 2 is 1.80 bits per heavy atom. The smallest absolute Gasteiger partial charge is 0.338 e. The molecule has 0 saturated heterocycles. The number of aromatic nitrogens is 1. The van der Waals surface area contributed by atoms with E-state index in [4.69, 9.17) is 4.74 Å². The van der Waals surface area contributed by atoms with Crippen LogP contribution < -0.4 is 10.6 Å². The first-order valence-corrected chi connectivity index (χ1v) is 9.98. The van der Waals surface area contributed by atoms with Crippen LogP contribution in [0.5, 0.6) is 0 Å². The van der Waals surface area contributed by atoms with E-state index < -0.39 is 0 Å². The zero-order chi connectivity index (χ0) is 21.5. The van der Waals surface area contributed by atoms with Crippen LogP contribution in [0.2, 0.25) is 0 Å². The maximum atomic E-state index is 12.3. The summed E-state index contributed by atoms with van der Waals surface area (Å²) in [5.74, 6) is -0.377. The molecule has 30 heavy (non-hydrogen) atoms. The van der Waals surface area contributed by atoms with Crippen molar-refractivity contribution in [2.45, 2.75) is 33.9 Å². The van der Waals surface area contributed by atoms with Crippen molar-refractivity contribution in [3.8, 4) is 0 Å². The molecule has 0 radical (unpaired) electrons. The lowest BCUT2D eigenvalue weighted by molar-refractivity contribution is 0.0526. The van der Waals surface area contributed by atoms with Crippen LogP contribution in [-0.2, 0) is 17.8 Å². The number of anilines is 1. The Bertz CT molecular complexity index is 1020. The van der Waals surface area contributed by atoms with Gasteiger partial charge in [0.1, 0.15) is 0 Å². The quantitative estimate of drug-likeness (QED) is 0.562. The fourth-order valence-electron chi connectivity index (χ4n) is 3.17. The van der Waals surface area contributed by atoms with Crippen molar-refractivity contribution in [2.75, 3.05) is 11.9 Å². The number of urea groups is 1. The van der Waals surface area contributed by atoms with Crippen molar-refractivity contribution in [3.05, 3.63) is 88.7 Å². The van der Waals surface area contributed by atoms with Crippen LogP contribution in [-0.4, -0.2) is 23.2 Å². The van der Waals surface area contributed by atoms with Crippen molar-refractivity contribution in [1.29, 1.82) is 0 Å². The lowest BCUT2D eigenvalue weighted by Gasteiger charge is -2.13. The van der Waals surface area contributed by atoms with Crippen LogP contribution in [0.15, 0.2) is 60.8 Å². The topological polar surface area (TPSA) is 72.4 Å². The molecule has 6 nitrogen and oxygen atoms in total. The highest BCUT2D eigenvalue weighted by molar-refractivity contribution is 5.92. The molecule has 1 heterocycles. The lowest BCUT2D eigenvalue weighted by Crippen LogP contribution is -2.29. The number of hydrogen-bond acceptors (Lipinski definition) is 3. The van der Waals surface area contributed by atoms with E-state index in [2.05, 4.69) is 47.2 Å². The molecular weight excluding hydrogens is 378 g/mol. The van der Waals surface area contributed by atoms with Gasteiger partial charge in [-0.25, -0.2) is 9.59 Å². The summed E-state index contributed by atoms with van der Waals surface area (Å²) in [6.45, 7) is 7.45. The fraction of sp³-hybridized carbons (Fsp3) is 0.250. The van der Waals surface area contributed by atoms with Gasteiger partial charge in [0.15, 0.2) is 0 Å². The molecule has 3 aromatic rings. The van der Waals surface area contributed by atoms with Gasteiger partial charge in [0.25, 0.3) is 0 Å². The zero-order valence-electron chi connectivity index (χ0n) is 17.6. The second kappa shape index (κ2) is 9.78. The second-order valence-corrected chi connectivity index (χ2v) is 7.16. The highest BCUT2D eigenvalue weighted by Crippen LogP contribution is 2.15. The Balaban J connectivity index is 1.56. The van der Waals surface area contributed by atoms with Crippen LogP contribution in [0.25, 0.3) is 0 Å². The fourth-order valence-corrected chi connectivity index (χ4v) is 3.17. The van der Waals surface area contributed by atoms with E-state index in [9.17, 15) is 9.59 Å². The first-order chi connectivity index (χ1) is 14.5. The number of aryl methyl sites for hydroxylation is 2. The zero-order valence-corrected chi connectivity index (χ0v) is 17.6. The van der Waals surface area contributed by atoms with Gasteiger partial charge in [-0.15, -0.1) is 0 Å². The molecule has 0 fully saturated rings. The van der Waals surface area contributed by atoms with Crippen LogP contribution in [0.1, 0.15) is 39.7 Å². The van der Waals surface area contributed by atoms with E-state index in [0.29, 0.717) is 24.4 Å². The third kappa shape index (κ3) is 5.50. The lowest BCUT2D eigenvalue weighted by atomic mass is 10.1. The molecule has 0 atom stereocenters. The summed E-state index contributed by atoms with van der Waals surface area (Å²) in [5, 5.41) is 5.66. The van der Waals surface area contributed by atoms with Gasteiger partial charge in [-0.1, -0.05) is 23.8 Å². The van der Waals surface area contributed by atoms with Gasteiger partial charge in [-0.3, -0.25) is 0 Å². The maximum absolute atomic E-state index is 12.3. The minimum absolute atomic E-state index is 0.307. The first kappa shape index (κ1) is 21.2. The number of nitrogens with zero attached hydrogens (tertiary/aromatic N) is 1. The van der Waals surface area contributed by atoms with E-state index >= 15 is 0 Å². The predicted molar refractivity (Wildman–Crippen MR) is 118 cm³/mol.